The van der Waals surface area contributed by atoms with Crippen molar-refractivity contribution in [2.45, 2.75) is 13.1 Å². The molecule has 4 rings (SSSR count). The van der Waals surface area contributed by atoms with Crippen molar-refractivity contribution >= 4 is 28.7 Å². The number of ether oxygens (including phenoxy) is 1. The normalized spacial score (nSPS) is 15.2. The molecule has 1 fully saturated rings. The summed E-state index contributed by atoms with van der Waals surface area (Å²) in [6.45, 7) is 5.00. The Kier molecular flexibility index (Phi) is 5.94. The number of halogens is 1. The minimum Gasteiger partial charge on any atom is -0.383 e. The van der Waals surface area contributed by atoms with E-state index in [1.54, 1.807) is 14.2 Å². The fraction of sp³-hybridized carbons (Fsp3) is 0.450. The van der Waals surface area contributed by atoms with Gasteiger partial charge in [0.1, 0.15) is 0 Å². The van der Waals surface area contributed by atoms with Gasteiger partial charge in [0.05, 0.1) is 6.61 Å². The minimum absolute atomic E-state index is 0.385. The Balaban J connectivity index is 1.59. The van der Waals surface area contributed by atoms with Gasteiger partial charge in [0.25, 0.3) is 5.56 Å². The Hall–Kier alpha value is -2.62. The Morgan fingerprint density at radius 3 is 2.67 bits per heavy atom. The van der Waals surface area contributed by atoms with E-state index in [1.807, 2.05) is 22.8 Å². The Labute approximate surface area is 178 Å². The number of nitrogens with zero attached hydrogens (tertiary/aromatic N) is 5. The highest BCUT2D eigenvalue weighted by molar-refractivity contribution is 6.30. The average Bonchev–Trinajstić information content (AvgIpc) is 3.11. The molecule has 160 valence electrons. The van der Waals surface area contributed by atoms with Crippen molar-refractivity contribution in [2.75, 3.05) is 44.8 Å². The number of aromatic nitrogens is 4. The molecule has 3 heterocycles. The quantitative estimate of drug-likeness (QED) is 0.626. The maximum atomic E-state index is 12.5. The number of nitrogens with one attached hydrogen (secondary N) is 1. The number of piperazine rings is 1. The number of hydrogen-bond acceptors (Lipinski definition) is 6. The van der Waals surface area contributed by atoms with Gasteiger partial charge in [0.15, 0.2) is 11.2 Å². The van der Waals surface area contributed by atoms with Crippen LogP contribution in [0.4, 0.5) is 5.95 Å². The van der Waals surface area contributed by atoms with E-state index in [0.717, 1.165) is 37.7 Å². The van der Waals surface area contributed by atoms with E-state index in [0.29, 0.717) is 30.3 Å². The summed E-state index contributed by atoms with van der Waals surface area (Å²) in [4.78, 5) is 36.1. The van der Waals surface area contributed by atoms with Crippen LogP contribution in [-0.2, 0) is 24.9 Å². The largest absolute Gasteiger partial charge is 0.383 e. The van der Waals surface area contributed by atoms with Crippen molar-refractivity contribution in [2.24, 2.45) is 7.05 Å². The Bertz CT molecular complexity index is 1160. The van der Waals surface area contributed by atoms with Crippen LogP contribution in [0.2, 0.25) is 5.02 Å². The number of H-pyrrole nitrogens is 1. The first-order valence-corrected chi connectivity index (χ1v) is 10.3. The Morgan fingerprint density at radius 1 is 1.20 bits per heavy atom. The number of aryl methyl sites for hydroxylation is 1. The molecule has 30 heavy (non-hydrogen) atoms. The van der Waals surface area contributed by atoms with Gasteiger partial charge in [-0.05, 0) is 17.7 Å². The number of benzene rings is 1. The van der Waals surface area contributed by atoms with E-state index in [4.69, 9.17) is 16.3 Å². The Morgan fingerprint density at radius 2 is 1.97 bits per heavy atom. The zero-order chi connectivity index (χ0) is 21.3. The van der Waals surface area contributed by atoms with Crippen molar-refractivity contribution in [3.05, 3.63) is 55.7 Å². The van der Waals surface area contributed by atoms with Gasteiger partial charge in [-0.2, -0.15) is 4.98 Å². The van der Waals surface area contributed by atoms with Crippen molar-refractivity contribution < 1.29 is 4.74 Å². The van der Waals surface area contributed by atoms with Crippen molar-refractivity contribution in [1.29, 1.82) is 0 Å². The van der Waals surface area contributed by atoms with Crippen LogP contribution in [0.5, 0.6) is 0 Å². The number of imidazole rings is 1. The molecule has 0 amide bonds. The van der Waals surface area contributed by atoms with Gasteiger partial charge >= 0.3 is 5.69 Å². The van der Waals surface area contributed by atoms with Crippen LogP contribution < -0.4 is 16.1 Å². The zero-order valence-electron chi connectivity index (χ0n) is 17.1. The molecule has 1 aliphatic rings. The summed E-state index contributed by atoms with van der Waals surface area (Å²) in [6.07, 6.45) is 0. The highest BCUT2D eigenvalue weighted by atomic mass is 35.5. The molecule has 1 aliphatic heterocycles. The second-order valence-electron chi connectivity index (χ2n) is 7.44. The third kappa shape index (κ3) is 4.00. The fourth-order valence-corrected chi connectivity index (χ4v) is 4.07. The molecule has 0 saturated carbocycles. The lowest BCUT2D eigenvalue weighted by molar-refractivity contribution is 0.188. The summed E-state index contributed by atoms with van der Waals surface area (Å²) in [5, 5.41) is 0.744. The first-order chi connectivity index (χ1) is 14.5. The molecule has 1 aromatic carbocycles. The van der Waals surface area contributed by atoms with Gasteiger partial charge < -0.3 is 14.2 Å². The van der Waals surface area contributed by atoms with Crippen LogP contribution in [-0.4, -0.2) is 63.9 Å². The summed E-state index contributed by atoms with van der Waals surface area (Å²) in [5.41, 5.74) is 1.07. The smallest absolute Gasteiger partial charge is 0.329 e. The second-order valence-corrected chi connectivity index (χ2v) is 7.88. The molecule has 1 saturated heterocycles. The van der Waals surface area contributed by atoms with Gasteiger partial charge in [-0.1, -0.05) is 23.7 Å². The molecule has 10 heteroatoms. The van der Waals surface area contributed by atoms with Crippen molar-refractivity contribution in [3.63, 3.8) is 0 Å². The number of aromatic amines is 1. The fourth-order valence-electron chi connectivity index (χ4n) is 3.86. The number of rotatable bonds is 6. The predicted molar refractivity (Wildman–Crippen MR) is 116 cm³/mol. The van der Waals surface area contributed by atoms with Gasteiger partial charge in [0.2, 0.25) is 5.95 Å². The third-order valence-electron chi connectivity index (χ3n) is 5.46. The molecule has 0 aliphatic carbocycles. The molecule has 0 bridgehead atoms. The highest BCUT2D eigenvalue weighted by Gasteiger charge is 2.24. The molecular formula is C20H25ClN6O3. The van der Waals surface area contributed by atoms with E-state index >= 15 is 0 Å². The molecule has 0 atom stereocenters. The zero-order valence-corrected chi connectivity index (χ0v) is 17.9. The van der Waals surface area contributed by atoms with Gasteiger partial charge in [-0.15, -0.1) is 0 Å². The standard InChI is InChI=1S/C20H25ClN6O3/c1-24-17-16(18(28)23-20(24)29)27(10-11-30-2)19(22-17)26-8-6-25(7-9-26)13-14-4-3-5-15(21)12-14/h3-5,12H,6-11,13H2,1-2H3,(H,23,28,29). The molecule has 3 aromatic rings. The molecule has 1 N–H and O–H groups in total. The summed E-state index contributed by atoms with van der Waals surface area (Å²) in [5.74, 6) is 0.691. The lowest BCUT2D eigenvalue weighted by Gasteiger charge is -2.35. The van der Waals surface area contributed by atoms with E-state index in [1.165, 1.54) is 10.1 Å². The summed E-state index contributed by atoms with van der Waals surface area (Å²) < 4.78 is 8.45. The van der Waals surface area contributed by atoms with Gasteiger partial charge in [0, 0.05) is 58.4 Å². The van der Waals surface area contributed by atoms with Crippen LogP contribution in [0.3, 0.4) is 0 Å². The molecule has 9 nitrogen and oxygen atoms in total. The van der Waals surface area contributed by atoms with Gasteiger partial charge in [-0.3, -0.25) is 19.2 Å². The topological polar surface area (TPSA) is 88.4 Å². The highest BCUT2D eigenvalue weighted by Crippen LogP contribution is 2.21. The first-order valence-electron chi connectivity index (χ1n) is 9.88. The number of hydrogen-bond donors (Lipinski definition) is 1. The van der Waals surface area contributed by atoms with E-state index in [9.17, 15) is 9.59 Å². The first kappa shape index (κ1) is 20.6. The monoisotopic (exact) mass is 432 g/mol. The molecule has 0 radical (unpaired) electrons. The lowest BCUT2D eigenvalue weighted by atomic mass is 10.2. The molecule has 2 aromatic heterocycles. The molecule has 0 unspecified atom stereocenters. The van der Waals surface area contributed by atoms with E-state index < -0.39 is 11.2 Å². The van der Waals surface area contributed by atoms with Crippen LogP contribution in [0, 0.1) is 0 Å². The van der Waals surface area contributed by atoms with Crippen LogP contribution >= 0.6 is 11.6 Å². The summed E-state index contributed by atoms with van der Waals surface area (Å²) in [7, 11) is 3.23. The van der Waals surface area contributed by atoms with Crippen LogP contribution in [0.15, 0.2) is 33.9 Å². The number of methoxy groups -OCH3 is 1. The maximum absolute atomic E-state index is 12.5. The van der Waals surface area contributed by atoms with Crippen molar-refractivity contribution in [3.8, 4) is 0 Å². The van der Waals surface area contributed by atoms with Crippen LogP contribution in [0.25, 0.3) is 11.2 Å². The SMILES string of the molecule is COCCn1c(N2CCN(Cc3cccc(Cl)c3)CC2)nc2c1c(=O)[nH]c(=O)n2C. The second kappa shape index (κ2) is 8.63. The minimum atomic E-state index is -0.471. The maximum Gasteiger partial charge on any atom is 0.329 e. The van der Waals surface area contributed by atoms with Crippen molar-refractivity contribution in [1.82, 2.24) is 24.0 Å². The van der Waals surface area contributed by atoms with E-state index in [-0.39, 0.29) is 0 Å². The third-order valence-corrected chi connectivity index (χ3v) is 5.69. The number of fused-ring (bicyclic) bond motifs is 1. The summed E-state index contributed by atoms with van der Waals surface area (Å²) in [6, 6.07) is 7.91. The summed E-state index contributed by atoms with van der Waals surface area (Å²) >= 11 is 6.10. The molecule has 0 spiro atoms. The number of anilines is 1. The molecular weight excluding hydrogens is 408 g/mol. The average molecular weight is 433 g/mol. The lowest BCUT2D eigenvalue weighted by Crippen LogP contribution is -2.47. The van der Waals surface area contributed by atoms with Crippen LogP contribution in [0.1, 0.15) is 5.56 Å². The van der Waals surface area contributed by atoms with E-state index in [2.05, 4.69) is 25.8 Å². The predicted octanol–water partition coefficient (Wildman–Crippen LogP) is 1.05. The van der Waals surface area contributed by atoms with Gasteiger partial charge in [-0.25, -0.2) is 4.79 Å².